The molecule has 1 N–H and O–H groups in total. The van der Waals surface area contributed by atoms with Gasteiger partial charge in [-0.15, -0.1) is 11.6 Å². The van der Waals surface area contributed by atoms with Crippen LogP contribution in [0.1, 0.15) is 34.6 Å². The zero-order valence-corrected chi connectivity index (χ0v) is 16.4. The van der Waals surface area contributed by atoms with E-state index in [1.54, 1.807) is 11.1 Å². The van der Waals surface area contributed by atoms with Crippen molar-refractivity contribution >= 4 is 29.5 Å². The fourth-order valence-electron chi connectivity index (χ4n) is 2.37. The minimum absolute atomic E-state index is 0.247. The number of carbonyl (C=O) groups excluding carboxylic acids is 1. The maximum absolute atomic E-state index is 12.1. The topological polar surface area (TPSA) is 70.6 Å². The first-order chi connectivity index (χ1) is 11.6. The van der Waals surface area contributed by atoms with Crippen LogP contribution >= 0.6 is 11.6 Å². The van der Waals surface area contributed by atoms with Gasteiger partial charge in [0, 0.05) is 43.8 Å². The van der Waals surface area contributed by atoms with Crippen molar-refractivity contribution < 1.29 is 9.53 Å². The fraction of sp³-hybridized carbons (Fsp3) is 0.706. The zero-order valence-electron chi connectivity index (χ0n) is 15.7. The number of carbonyl (C=O) groups is 1. The van der Waals surface area contributed by atoms with Gasteiger partial charge in [0.05, 0.1) is 0 Å². The average molecular weight is 370 g/mol. The Labute approximate surface area is 154 Å². The third-order valence-corrected chi connectivity index (χ3v) is 4.33. The lowest BCUT2D eigenvalue weighted by atomic mass is 10.1. The second-order valence-corrected chi connectivity index (χ2v) is 8.11. The molecule has 1 saturated heterocycles. The number of nitrogens with one attached hydrogen (secondary N) is 1. The van der Waals surface area contributed by atoms with Crippen LogP contribution < -0.4 is 10.2 Å². The standard InChI is InChI=1S/C17H28ClN5O2/c1-16(2,3)25-15(24)23-10-8-22(9-11-23)14-19-7-6-13(20-14)21-17(4,5)12-18/h6-7H,8-12H2,1-5H3,(H,19,20,21). The summed E-state index contributed by atoms with van der Waals surface area (Å²) in [6, 6.07) is 1.83. The third kappa shape index (κ3) is 5.92. The molecule has 0 saturated carbocycles. The zero-order chi connectivity index (χ0) is 18.7. The molecule has 0 spiro atoms. The summed E-state index contributed by atoms with van der Waals surface area (Å²) in [5.41, 5.74) is -0.727. The SMILES string of the molecule is CC(C)(CCl)Nc1ccnc(N2CCN(C(=O)OC(C)(C)C)CC2)n1. The summed E-state index contributed by atoms with van der Waals surface area (Å²) in [6.07, 6.45) is 1.46. The van der Waals surface area contributed by atoms with E-state index in [9.17, 15) is 4.79 Å². The molecule has 2 heterocycles. The van der Waals surface area contributed by atoms with Gasteiger partial charge in [-0.25, -0.2) is 9.78 Å². The van der Waals surface area contributed by atoms with E-state index < -0.39 is 5.60 Å². The van der Waals surface area contributed by atoms with Gasteiger partial charge in [0.25, 0.3) is 0 Å². The summed E-state index contributed by atoms with van der Waals surface area (Å²) in [4.78, 5) is 24.8. The first-order valence-corrected chi connectivity index (χ1v) is 9.03. The molecule has 1 amide bonds. The van der Waals surface area contributed by atoms with Crippen molar-refractivity contribution in [1.29, 1.82) is 0 Å². The van der Waals surface area contributed by atoms with Crippen LogP contribution in [0.15, 0.2) is 12.3 Å². The predicted molar refractivity (Wildman–Crippen MR) is 100 cm³/mol. The van der Waals surface area contributed by atoms with Gasteiger partial charge in [-0.1, -0.05) is 0 Å². The Hall–Kier alpha value is -1.76. The Morgan fingerprint density at radius 1 is 1.24 bits per heavy atom. The highest BCUT2D eigenvalue weighted by Gasteiger charge is 2.27. The van der Waals surface area contributed by atoms with Gasteiger partial charge in [0.15, 0.2) is 0 Å². The molecule has 8 heteroatoms. The van der Waals surface area contributed by atoms with Crippen LogP contribution in [0.3, 0.4) is 0 Å². The van der Waals surface area contributed by atoms with Crippen LogP contribution in [0, 0.1) is 0 Å². The Morgan fingerprint density at radius 2 is 1.88 bits per heavy atom. The van der Waals surface area contributed by atoms with Crippen LogP contribution in [-0.4, -0.2) is 64.2 Å². The number of aromatic nitrogens is 2. The third-order valence-electron chi connectivity index (χ3n) is 3.66. The summed E-state index contributed by atoms with van der Waals surface area (Å²) in [5.74, 6) is 1.87. The highest BCUT2D eigenvalue weighted by Crippen LogP contribution is 2.18. The lowest BCUT2D eigenvalue weighted by Gasteiger charge is -2.35. The highest BCUT2D eigenvalue weighted by molar-refractivity contribution is 6.18. The normalized spacial score (nSPS) is 15.9. The number of anilines is 2. The van der Waals surface area contributed by atoms with Crippen molar-refractivity contribution in [3.63, 3.8) is 0 Å². The number of alkyl halides is 1. The second kappa shape index (κ2) is 7.64. The van der Waals surface area contributed by atoms with Crippen LogP contribution in [0.2, 0.25) is 0 Å². The van der Waals surface area contributed by atoms with Gasteiger partial charge in [0.2, 0.25) is 5.95 Å². The number of ether oxygens (including phenoxy) is 1. The summed E-state index contributed by atoms with van der Waals surface area (Å²) in [7, 11) is 0. The first kappa shape index (κ1) is 19.6. The van der Waals surface area contributed by atoms with Crippen molar-refractivity contribution in [3.05, 3.63) is 12.3 Å². The van der Waals surface area contributed by atoms with Gasteiger partial charge in [-0.2, -0.15) is 4.98 Å². The first-order valence-electron chi connectivity index (χ1n) is 8.50. The lowest BCUT2D eigenvalue weighted by Crippen LogP contribution is -2.50. The van der Waals surface area contributed by atoms with Gasteiger partial charge in [0.1, 0.15) is 11.4 Å². The molecule has 0 unspecified atom stereocenters. The number of hydrogen-bond acceptors (Lipinski definition) is 6. The van der Waals surface area contributed by atoms with Gasteiger partial charge < -0.3 is 19.9 Å². The number of halogens is 1. The van der Waals surface area contributed by atoms with E-state index in [0.29, 0.717) is 38.0 Å². The Bertz CT molecular complexity index is 595. The van der Waals surface area contributed by atoms with E-state index in [1.165, 1.54) is 0 Å². The monoisotopic (exact) mass is 369 g/mol. The van der Waals surface area contributed by atoms with Crippen LogP contribution in [0.4, 0.5) is 16.6 Å². The largest absolute Gasteiger partial charge is 0.444 e. The van der Waals surface area contributed by atoms with E-state index >= 15 is 0 Å². The van der Waals surface area contributed by atoms with E-state index in [0.717, 1.165) is 5.82 Å². The summed E-state index contributed by atoms with van der Waals surface area (Å²) in [6.45, 7) is 12.2. The van der Waals surface area contributed by atoms with Crippen LogP contribution in [0.5, 0.6) is 0 Å². The molecule has 0 aromatic carbocycles. The molecule has 0 aliphatic carbocycles. The number of amides is 1. The molecule has 1 aliphatic rings. The van der Waals surface area contributed by atoms with Crippen molar-refractivity contribution in [3.8, 4) is 0 Å². The van der Waals surface area contributed by atoms with Crippen molar-refractivity contribution in [2.24, 2.45) is 0 Å². The molecule has 0 atom stereocenters. The smallest absolute Gasteiger partial charge is 0.410 e. The molecule has 1 fully saturated rings. The van der Waals surface area contributed by atoms with E-state index in [1.807, 2.05) is 40.7 Å². The van der Waals surface area contributed by atoms with E-state index in [2.05, 4.69) is 20.2 Å². The van der Waals surface area contributed by atoms with Gasteiger partial charge in [-0.3, -0.25) is 0 Å². The lowest BCUT2D eigenvalue weighted by molar-refractivity contribution is 0.0240. The van der Waals surface area contributed by atoms with Crippen molar-refractivity contribution in [2.45, 2.75) is 45.8 Å². The highest BCUT2D eigenvalue weighted by atomic mass is 35.5. The maximum atomic E-state index is 12.1. The molecular weight excluding hydrogens is 342 g/mol. The molecule has 25 heavy (non-hydrogen) atoms. The fourth-order valence-corrected chi connectivity index (χ4v) is 2.43. The molecule has 140 valence electrons. The second-order valence-electron chi connectivity index (χ2n) is 7.84. The maximum Gasteiger partial charge on any atom is 0.410 e. The molecule has 1 aliphatic heterocycles. The van der Waals surface area contributed by atoms with Crippen molar-refractivity contribution in [2.75, 3.05) is 42.3 Å². The van der Waals surface area contributed by atoms with Gasteiger partial charge in [-0.05, 0) is 40.7 Å². The molecule has 0 radical (unpaired) electrons. The molecule has 2 rings (SSSR count). The van der Waals surface area contributed by atoms with Gasteiger partial charge >= 0.3 is 6.09 Å². The summed E-state index contributed by atoms with van der Waals surface area (Å²) in [5, 5.41) is 3.31. The number of piperazine rings is 1. The Kier molecular flexibility index (Phi) is 5.98. The van der Waals surface area contributed by atoms with Crippen molar-refractivity contribution in [1.82, 2.24) is 14.9 Å². The number of rotatable bonds is 4. The molecule has 1 aromatic heterocycles. The molecule has 1 aromatic rings. The minimum atomic E-state index is -0.480. The van der Waals surface area contributed by atoms with Crippen LogP contribution in [0.25, 0.3) is 0 Å². The van der Waals surface area contributed by atoms with E-state index in [4.69, 9.17) is 16.3 Å². The average Bonchev–Trinajstić information content (AvgIpc) is 2.53. The Balaban J connectivity index is 1.96. The predicted octanol–water partition coefficient (Wildman–Crippen LogP) is 2.96. The minimum Gasteiger partial charge on any atom is -0.444 e. The quantitative estimate of drug-likeness (QED) is 0.823. The molecular formula is C17H28ClN5O2. The number of hydrogen-bond donors (Lipinski definition) is 1. The summed E-state index contributed by atoms with van der Waals surface area (Å²) < 4.78 is 5.42. The molecule has 7 nitrogen and oxygen atoms in total. The molecule has 0 bridgehead atoms. The van der Waals surface area contributed by atoms with E-state index in [-0.39, 0.29) is 11.6 Å². The number of nitrogens with zero attached hydrogens (tertiary/aromatic N) is 4. The summed E-state index contributed by atoms with van der Waals surface area (Å²) >= 11 is 5.96. The Morgan fingerprint density at radius 3 is 2.44 bits per heavy atom. The van der Waals surface area contributed by atoms with Crippen LogP contribution in [-0.2, 0) is 4.74 Å².